The van der Waals surface area contributed by atoms with E-state index in [1.54, 1.807) is 0 Å². The number of hydrogen-bond donors (Lipinski definition) is 1. The minimum absolute atomic E-state index is 0.155. The van der Waals surface area contributed by atoms with Crippen molar-refractivity contribution in [3.05, 3.63) is 71.8 Å². The van der Waals surface area contributed by atoms with Gasteiger partial charge in [-0.15, -0.1) is 0 Å². The van der Waals surface area contributed by atoms with Gasteiger partial charge >= 0.3 is 12.1 Å². The van der Waals surface area contributed by atoms with E-state index in [1.807, 2.05) is 60.7 Å². The minimum atomic E-state index is -1.09. The average Bonchev–Trinajstić information content (AvgIpc) is 3.08. The molecule has 7 heteroatoms. The van der Waals surface area contributed by atoms with Crippen LogP contribution in [0, 0.1) is 0 Å². The molecule has 2 aromatic carbocycles. The first-order chi connectivity index (χ1) is 13.5. The molecule has 2 amide bonds. The van der Waals surface area contributed by atoms with Gasteiger partial charge in [0.1, 0.15) is 18.7 Å². The topological polar surface area (TPSA) is 87.2 Å². The fourth-order valence-electron chi connectivity index (χ4n) is 3.98. The van der Waals surface area contributed by atoms with Crippen LogP contribution in [0.5, 0.6) is 0 Å². The van der Waals surface area contributed by atoms with Crippen molar-refractivity contribution in [3.63, 3.8) is 0 Å². The van der Waals surface area contributed by atoms with Gasteiger partial charge in [0.2, 0.25) is 5.91 Å². The van der Waals surface area contributed by atoms with E-state index in [9.17, 15) is 19.5 Å². The summed E-state index contributed by atoms with van der Waals surface area (Å²) in [5, 5.41) is 9.43. The lowest BCUT2D eigenvalue weighted by Gasteiger charge is -2.52. The average molecular weight is 380 g/mol. The molecule has 7 nitrogen and oxygen atoms in total. The van der Waals surface area contributed by atoms with Crippen molar-refractivity contribution in [1.82, 2.24) is 9.80 Å². The lowest BCUT2D eigenvalue weighted by Crippen LogP contribution is -2.69. The molecule has 1 N–H and O–H groups in total. The summed E-state index contributed by atoms with van der Waals surface area (Å²) in [5.74, 6) is -1.47. The summed E-state index contributed by atoms with van der Waals surface area (Å²) in [6.45, 7) is 1.63. The summed E-state index contributed by atoms with van der Waals surface area (Å²) in [6.07, 6.45) is -0.559. The second-order valence-corrected chi connectivity index (χ2v) is 6.97. The van der Waals surface area contributed by atoms with Crippen molar-refractivity contribution in [2.24, 2.45) is 0 Å². The molecule has 2 aromatic rings. The number of nitrogens with zero attached hydrogens (tertiary/aromatic N) is 2. The van der Waals surface area contributed by atoms with Crippen LogP contribution in [0.15, 0.2) is 60.7 Å². The van der Waals surface area contributed by atoms with Gasteiger partial charge in [0.05, 0.1) is 12.1 Å². The Morgan fingerprint density at radius 1 is 1.00 bits per heavy atom. The van der Waals surface area contributed by atoms with Crippen LogP contribution < -0.4 is 0 Å². The summed E-state index contributed by atoms with van der Waals surface area (Å²) < 4.78 is 5.27. The van der Waals surface area contributed by atoms with Crippen LogP contribution in [0.1, 0.15) is 30.1 Å². The molecule has 2 saturated heterocycles. The number of carboxylic acid groups (broad SMARTS) is 1. The molecule has 0 spiro atoms. The summed E-state index contributed by atoms with van der Waals surface area (Å²) >= 11 is 0. The molecule has 144 valence electrons. The highest BCUT2D eigenvalue weighted by Gasteiger charge is 2.58. The first kappa shape index (κ1) is 18.0. The summed E-state index contributed by atoms with van der Waals surface area (Å²) in [5.41, 5.74) is 1.66. The lowest BCUT2D eigenvalue weighted by molar-refractivity contribution is -0.170. The highest BCUT2D eigenvalue weighted by Crippen LogP contribution is 2.44. The minimum Gasteiger partial charge on any atom is -0.480 e. The Kier molecular flexibility index (Phi) is 4.50. The number of benzene rings is 2. The second-order valence-electron chi connectivity index (χ2n) is 6.97. The van der Waals surface area contributed by atoms with Gasteiger partial charge < -0.3 is 14.7 Å². The standard InChI is InChI=1S/C21H20N2O5/c1-13(20(25)26)22-17(15-10-6-3-7-11-15)18(19(22)24)23-16(12-28-21(23)27)14-8-4-2-5-9-14/h2-11,13,16-18H,12H2,1H3,(H,25,26)/t13-,16+,17-,18+/m0/s1. The molecule has 0 radical (unpaired) electrons. The third kappa shape index (κ3) is 2.79. The van der Waals surface area contributed by atoms with Crippen molar-refractivity contribution in [1.29, 1.82) is 0 Å². The van der Waals surface area contributed by atoms with Crippen molar-refractivity contribution in [2.45, 2.75) is 31.1 Å². The number of carboxylic acids is 1. The number of carbonyl (C=O) groups excluding carboxylic acids is 2. The number of aliphatic carboxylic acids is 1. The van der Waals surface area contributed by atoms with Gasteiger partial charge in [0.25, 0.3) is 0 Å². The van der Waals surface area contributed by atoms with E-state index in [-0.39, 0.29) is 12.5 Å². The molecule has 2 fully saturated rings. The number of rotatable bonds is 5. The maximum Gasteiger partial charge on any atom is 0.411 e. The fraction of sp³-hybridized carbons (Fsp3) is 0.286. The zero-order valence-electron chi connectivity index (χ0n) is 15.3. The maximum atomic E-state index is 13.0. The van der Waals surface area contributed by atoms with Crippen molar-refractivity contribution < 1.29 is 24.2 Å². The predicted molar refractivity (Wildman–Crippen MR) is 99.3 cm³/mol. The Morgan fingerprint density at radius 3 is 2.14 bits per heavy atom. The van der Waals surface area contributed by atoms with E-state index in [0.717, 1.165) is 11.1 Å². The van der Waals surface area contributed by atoms with Crippen LogP contribution in [0.2, 0.25) is 0 Å². The molecule has 0 saturated carbocycles. The normalized spacial score (nSPS) is 25.2. The smallest absolute Gasteiger partial charge is 0.411 e. The third-order valence-corrected chi connectivity index (χ3v) is 5.42. The van der Waals surface area contributed by atoms with Crippen LogP contribution in [0.3, 0.4) is 0 Å². The monoisotopic (exact) mass is 380 g/mol. The molecule has 0 aliphatic carbocycles. The molecule has 2 aliphatic heterocycles. The molecule has 28 heavy (non-hydrogen) atoms. The van der Waals surface area contributed by atoms with Crippen LogP contribution in [-0.2, 0) is 14.3 Å². The van der Waals surface area contributed by atoms with E-state index in [1.165, 1.54) is 16.7 Å². The van der Waals surface area contributed by atoms with Crippen LogP contribution >= 0.6 is 0 Å². The third-order valence-electron chi connectivity index (χ3n) is 5.42. The second kappa shape index (κ2) is 6.99. The number of carbonyl (C=O) groups is 3. The molecular weight excluding hydrogens is 360 g/mol. The zero-order valence-corrected chi connectivity index (χ0v) is 15.3. The van der Waals surface area contributed by atoms with Crippen molar-refractivity contribution >= 4 is 18.0 Å². The molecule has 4 atom stereocenters. The van der Waals surface area contributed by atoms with Crippen molar-refractivity contribution in [2.75, 3.05) is 6.61 Å². The Hall–Kier alpha value is -3.35. The van der Waals surface area contributed by atoms with E-state index in [2.05, 4.69) is 0 Å². The highest BCUT2D eigenvalue weighted by atomic mass is 16.6. The van der Waals surface area contributed by atoms with Crippen LogP contribution in [0.25, 0.3) is 0 Å². The molecule has 2 aliphatic rings. The van der Waals surface area contributed by atoms with Gasteiger partial charge in [-0.2, -0.15) is 0 Å². The fourth-order valence-corrected chi connectivity index (χ4v) is 3.98. The SMILES string of the molecule is C[C@@H](C(=O)O)N1C(=O)[C@H](N2C(=O)OC[C@@H]2c2ccccc2)[C@@H]1c1ccccc1. The van der Waals surface area contributed by atoms with Crippen LogP contribution in [0.4, 0.5) is 4.79 Å². The largest absolute Gasteiger partial charge is 0.480 e. The van der Waals surface area contributed by atoms with Crippen LogP contribution in [-0.4, -0.2) is 51.6 Å². The van der Waals surface area contributed by atoms with E-state index < -0.39 is 36.2 Å². The number of likely N-dealkylation sites (tertiary alicyclic amines) is 1. The van der Waals surface area contributed by atoms with E-state index in [0.29, 0.717) is 0 Å². The number of cyclic esters (lactones) is 1. The first-order valence-electron chi connectivity index (χ1n) is 9.10. The quantitative estimate of drug-likeness (QED) is 0.806. The number of amides is 2. The lowest BCUT2D eigenvalue weighted by atomic mass is 9.84. The molecule has 0 unspecified atom stereocenters. The Bertz CT molecular complexity index is 902. The maximum absolute atomic E-state index is 13.0. The van der Waals surface area contributed by atoms with Gasteiger partial charge in [-0.25, -0.2) is 9.59 Å². The van der Waals surface area contributed by atoms with Crippen molar-refractivity contribution in [3.8, 4) is 0 Å². The Labute approximate surface area is 162 Å². The molecule has 0 bridgehead atoms. The van der Waals surface area contributed by atoms with E-state index in [4.69, 9.17) is 4.74 Å². The first-order valence-corrected chi connectivity index (χ1v) is 9.10. The van der Waals surface area contributed by atoms with Gasteiger partial charge in [-0.3, -0.25) is 9.69 Å². The molecule has 4 rings (SSSR count). The molecule has 2 heterocycles. The Morgan fingerprint density at radius 2 is 1.57 bits per heavy atom. The number of ether oxygens (including phenoxy) is 1. The molecular formula is C21H20N2O5. The zero-order chi connectivity index (χ0) is 19.8. The number of hydrogen-bond acceptors (Lipinski definition) is 4. The highest BCUT2D eigenvalue weighted by molar-refractivity contribution is 5.96. The van der Waals surface area contributed by atoms with Gasteiger partial charge in [0, 0.05) is 0 Å². The van der Waals surface area contributed by atoms with E-state index >= 15 is 0 Å². The molecule has 0 aromatic heterocycles. The number of β-lactam (4-membered cyclic amide) rings is 1. The summed E-state index contributed by atoms with van der Waals surface area (Å²) in [7, 11) is 0. The predicted octanol–water partition coefficient (Wildman–Crippen LogP) is 2.61. The van der Waals surface area contributed by atoms with Gasteiger partial charge in [-0.1, -0.05) is 60.7 Å². The Balaban J connectivity index is 1.73. The summed E-state index contributed by atoms with van der Waals surface area (Å²) in [6, 6.07) is 15.8. The van der Waals surface area contributed by atoms with Gasteiger partial charge in [0.15, 0.2) is 0 Å². The van der Waals surface area contributed by atoms with Gasteiger partial charge in [-0.05, 0) is 18.1 Å². The summed E-state index contributed by atoms with van der Waals surface area (Å²) in [4.78, 5) is 39.9.